The molecular weight excluding hydrogens is 214 g/mol. The van der Waals surface area contributed by atoms with Gasteiger partial charge in [-0.05, 0) is 17.9 Å². The summed E-state index contributed by atoms with van der Waals surface area (Å²) in [7, 11) is 0. The van der Waals surface area contributed by atoms with E-state index in [1.165, 1.54) is 0 Å². The van der Waals surface area contributed by atoms with Crippen molar-refractivity contribution in [3.63, 3.8) is 0 Å². The van der Waals surface area contributed by atoms with Crippen LogP contribution in [0.4, 0.5) is 0 Å². The third-order valence-electron chi connectivity index (χ3n) is 2.47. The summed E-state index contributed by atoms with van der Waals surface area (Å²) in [5, 5.41) is 2.19. The van der Waals surface area contributed by atoms with Crippen molar-refractivity contribution in [2.24, 2.45) is 5.73 Å². The predicted octanol–water partition coefficient (Wildman–Crippen LogP) is 2.65. The van der Waals surface area contributed by atoms with Crippen LogP contribution in [0.3, 0.4) is 0 Å². The highest BCUT2D eigenvalue weighted by Gasteiger charge is 2.01. The number of ether oxygens (including phenoxy) is 1. The molecule has 87 valence electrons. The van der Waals surface area contributed by atoms with Gasteiger partial charge in [0.1, 0.15) is 12.4 Å². The van der Waals surface area contributed by atoms with Crippen molar-refractivity contribution in [3.8, 4) is 5.75 Å². The second-order valence-corrected chi connectivity index (χ2v) is 3.77. The van der Waals surface area contributed by atoms with E-state index in [2.05, 4.69) is 0 Å². The van der Waals surface area contributed by atoms with Crippen molar-refractivity contribution in [1.29, 1.82) is 0 Å². The first-order valence-corrected chi connectivity index (χ1v) is 5.52. The van der Waals surface area contributed by atoms with Crippen LogP contribution < -0.4 is 10.5 Å². The van der Waals surface area contributed by atoms with E-state index in [4.69, 9.17) is 10.5 Å². The van der Waals surface area contributed by atoms with Crippen LogP contribution in [0.1, 0.15) is 12.8 Å². The van der Waals surface area contributed by atoms with E-state index in [0.29, 0.717) is 12.8 Å². The van der Waals surface area contributed by atoms with E-state index in [1.54, 1.807) is 6.61 Å². The van der Waals surface area contributed by atoms with Gasteiger partial charge < -0.3 is 10.5 Å². The minimum absolute atomic E-state index is 0.310. The number of carbonyl (C=O) groups excluding carboxylic acids is 1. The molecule has 0 fully saturated rings. The number of fused-ring (bicyclic) bond motifs is 1. The lowest BCUT2D eigenvalue weighted by molar-refractivity contribution is -0.118. The Bertz CT molecular complexity index is 517. The number of primary amides is 1. The second-order valence-electron chi connectivity index (χ2n) is 3.77. The molecule has 0 aliphatic heterocycles. The molecule has 2 N–H and O–H groups in total. The summed E-state index contributed by atoms with van der Waals surface area (Å²) < 4.78 is 5.54. The zero-order chi connectivity index (χ0) is 12.1. The van der Waals surface area contributed by atoms with Crippen molar-refractivity contribution in [2.75, 3.05) is 0 Å². The monoisotopic (exact) mass is 228 g/mol. The molecule has 3 heteroatoms. The quantitative estimate of drug-likeness (QED) is 0.800. The minimum atomic E-state index is -0.317. The molecule has 0 bridgehead atoms. The largest absolute Gasteiger partial charge is 0.486 e. The standard InChI is InChI=1S/C14H14NO2/c15-14(16)9-4-10-17-13-8-3-6-11-5-1-2-7-12(11)13/h1-3,5-8,10H,4,9H2,(H2,15,16). The lowest BCUT2D eigenvalue weighted by Gasteiger charge is -2.07. The molecule has 0 atom stereocenters. The second kappa shape index (κ2) is 5.34. The maximum absolute atomic E-state index is 10.6. The highest BCUT2D eigenvalue weighted by Crippen LogP contribution is 2.25. The topological polar surface area (TPSA) is 52.3 Å². The van der Waals surface area contributed by atoms with Gasteiger partial charge in [0.2, 0.25) is 5.91 Å². The molecule has 1 amide bonds. The molecule has 0 saturated carbocycles. The first-order valence-electron chi connectivity index (χ1n) is 5.52. The minimum Gasteiger partial charge on any atom is -0.486 e. The maximum Gasteiger partial charge on any atom is 0.217 e. The molecule has 0 aromatic heterocycles. The molecule has 2 aromatic carbocycles. The normalized spacial score (nSPS) is 10.4. The number of benzene rings is 2. The molecule has 2 aromatic rings. The molecule has 0 aliphatic carbocycles. The number of nitrogens with two attached hydrogens (primary N) is 1. The number of amides is 1. The Morgan fingerprint density at radius 1 is 1.18 bits per heavy atom. The van der Waals surface area contributed by atoms with Crippen LogP contribution in [0.2, 0.25) is 0 Å². The third kappa shape index (κ3) is 2.97. The van der Waals surface area contributed by atoms with Gasteiger partial charge in [-0.2, -0.15) is 0 Å². The van der Waals surface area contributed by atoms with Crippen LogP contribution in [-0.2, 0) is 4.79 Å². The summed E-state index contributed by atoms with van der Waals surface area (Å²) in [6.07, 6.45) is 0.837. The number of rotatable bonds is 5. The van der Waals surface area contributed by atoms with Gasteiger partial charge in [-0.25, -0.2) is 0 Å². The Morgan fingerprint density at radius 3 is 2.76 bits per heavy atom. The highest BCUT2D eigenvalue weighted by molar-refractivity contribution is 5.88. The lowest BCUT2D eigenvalue weighted by atomic mass is 10.1. The van der Waals surface area contributed by atoms with Crippen LogP contribution in [-0.4, -0.2) is 5.91 Å². The van der Waals surface area contributed by atoms with Crippen LogP contribution >= 0.6 is 0 Å². The summed E-state index contributed by atoms with van der Waals surface area (Å²) in [5.41, 5.74) is 5.05. The van der Waals surface area contributed by atoms with Gasteiger partial charge in [-0.1, -0.05) is 36.4 Å². The van der Waals surface area contributed by atoms with Gasteiger partial charge >= 0.3 is 0 Å². The van der Waals surface area contributed by atoms with Gasteiger partial charge in [0.05, 0.1) is 0 Å². The molecule has 17 heavy (non-hydrogen) atoms. The Morgan fingerprint density at radius 2 is 1.94 bits per heavy atom. The lowest BCUT2D eigenvalue weighted by Crippen LogP contribution is -2.10. The van der Waals surface area contributed by atoms with E-state index in [1.807, 2.05) is 42.5 Å². The Kier molecular flexibility index (Phi) is 3.60. The van der Waals surface area contributed by atoms with Crippen molar-refractivity contribution in [1.82, 2.24) is 0 Å². The van der Waals surface area contributed by atoms with E-state index in [0.717, 1.165) is 16.5 Å². The fourth-order valence-corrected chi connectivity index (χ4v) is 1.65. The average molecular weight is 228 g/mol. The first kappa shape index (κ1) is 11.5. The van der Waals surface area contributed by atoms with Crippen LogP contribution in [0.25, 0.3) is 10.8 Å². The molecule has 2 rings (SSSR count). The SMILES string of the molecule is NC(=O)CC[CH]Oc1cccc2ccccc12. The van der Waals surface area contributed by atoms with E-state index >= 15 is 0 Å². The molecule has 0 aliphatic rings. The Balaban J connectivity index is 2.05. The molecule has 0 heterocycles. The summed E-state index contributed by atoms with van der Waals surface area (Å²) >= 11 is 0. The van der Waals surface area contributed by atoms with E-state index in [-0.39, 0.29) is 5.91 Å². The molecule has 3 nitrogen and oxygen atoms in total. The summed E-state index contributed by atoms with van der Waals surface area (Å²) in [4.78, 5) is 10.6. The summed E-state index contributed by atoms with van der Waals surface area (Å²) in [5.74, 6) is 0.482. The third-order valence-corrected chi connectivity index (χ3v) is 2.47. The van der Waals surface area contributed by atoms with Crippen molar-refractivity contribution < 1.29 is 9.53 Å². The van der Waals surface area contributed by atoms with Gasteiger partial charge in [0.25, 0.3) is 0 Å². The van der Waals surface area contributed by atoms with Crippen LogP contribution in [0.15, 0.2) is 42.5 Å². The average Bonchev–Trinajstić information content (AvgIpc) is 2.34. The molecule has 0 saturated heterocycles. The van der Waals surface area contributed by atoms with E-state index < -0.39 is 0 Å². The van der Waals surface area contributed by atoms with E-state index in [9.17, 15) is 4.79 Å². The fourth-order valence-electron chi connectivity index (χ4n) is 1.65. The Labute approximate surface area is 100 Å². The fraction of sp³-hybridized carbons (Fsp3) is 0.143. The number of carbonyl (C=O) groups is 1. The van der Waals surface area contributed by atoms with Gasteiger partial charge in [-0.3, -0.25) is 4.79 Å². The molecule has 0 unspecified atom stereocenters. The van der Waals surface area contributed by atoms with Crippen molar-refractivity contribution in [2.45, 2.75) is 12.8 Å². The van der Waals surface area contributed by atoms with Gasteiger partial charge in [0.15, 0.2) is 0 Å². The summed E-state index contributed by atoms with van der Waals surface area (Å²) in [6.45, 7) is 1.62. The number of hydrogen-bond acceptors (Lipinski definition) is 2. The molecule has 0 spiro atoms. The van der Waals surface area contributed by atoms with Gasteiger partial charge in [-0.15, -0.1) is 0 Å². The van der Waals surface area contributed by atoms with Crippen molar-refractivity contribution in [3.05, 3.63) is 49.1 Å². The zero-order valence-electron chi connectivity index (χ0n) is 9.43. The number of hydrogen-bond donors (Lipinski definition) is 1. The first-order chi connectivity index (χ1) is 8.27. The zero-order valence-corrected chi connectivity index (χ0v) is 9.43. The smallest absolute Gasteiger partial charge is 0.217 e. The highest BCUT2D eigenvalue weighted by atomic mass is 16.5. The van der Waals surface area contributed by atoms with Crippen molar-refractivity contribution >= 4 is 16.7 Å². The Hall–Kier alpha value is -2.03. The molecular formula is C14H14NO2. The van der Waals surface area contributed by atoms with Gasteiger partial charge in [0, 0.05) is 11.8 Å². The van der Waals surface area contributed by atoms with Crippen LogP contribution in [0, 0.1) is 6.61 Å². The summed E-state index contributed by atoms with van der Waals surface area (Å²) in [6, 6.07) is 13.9. The molecule has 1 radical (unpaired) electrons. The predicted molar refractivity (Wildman–Crippen MR) is 67.3 cm³/mol. The van der Waals surface area contributed by atoms with Crippen LogP contribution in [0.5, 0.6) is 5.75 Å². The maximum atomic E-state index is 10.6.